The maximum atomic E-state index is 5.81. The third kappa shape index (κ3) is 2.86. The summed E-state index contributed by atoms with van der Waals surface area (Å²) in [6.07, 6.45) is 3.93. The number of hydrogen-bond acceptors (Lipinski definition) is 3. The summed E-state index contributed by atoms with van der Waals surface area (Å²) in [6.45, 7) is 4.33. The molecule has 0 spiro atoms. The minimum atomic E-state index is 0.828. The zero-order chi connectivity index (χ0) is 10.7. The van der Waals surface area contributed by atoms with Gasteiger partial charge in [0.15, 0.2) is 0 Å². The van der Waals surface area contributed by atoms with Gasteiger partial charge in [-0.25, -0.2) is 5.01 Å². The number of hydrazine groups is 1. The quantitative estimate of drug-likeness (QED) is 0.728. The highest BCUT2D eigenvalue weighted by Gasteiger charge is 2.09. The van der Waals surface area contributed by atoms with Gasteiger partial charge in [0, 0.05) is 18.8 Å². The number of anilines is 2. The third-order valence-corrected chi connectivity index (χ3v) is 2.74. The number of nitrogens with zero attached hydrogens (tertiary/aromatic N) is 1. The molecule has 1 heterocycles. The second-order valence-corrected chi connectivity index (χ2v) is 4.29. The Hall–Kier alpha value is -1.22. The van der Waals surface area contributed by atoms with E-state index < -0.39 is 0 Å². The van der Waals surface area contributed by atoms with Crippen LogP contribution in [0.4, 0.5) is 11.4 Å². The lowest BCUT2D eigenvalue weighted by molar-refractivity contribution is 0.273. The van der Waals surface area contributed by atoms with E-state index in [0.29, 0.717) is 0 Å². The number of nitrogens with one attached hydrogen (secondary N) is 1. The van der Waals surface area contributed by atoms with Gasteiger partial charge in [-0.15, -0.1) is 0 Å². The van der Waals surface area contributed by atoms with Gasteiger partial charge >= 0.3 is 0 Å². The Labute approximate surface area is 91.2 Å². The number of piperidine rings is 1. The summed E-state index contributed by atoms with van der Waals surface area (Å²) in [6, 6.07) is 6.11. The first-order chi connectivity index (χ1) is 7.24. The fraction of sp³-hybridized carbons (Fsp3) is 0.500. The molecule has 3 N–H and O–H groups in total. The Balaban J connectivity index is 2.02. The zero-order valence-electron chi connectivity index (χ0n) is 9.29. The highest BCUT2D eigenvalue weighted by Crippen LogP contribution is 2.18. The summed E-state index contributed by atoms with van der Waals surface area (Å²) in [7, 11) is 0. The lowest BCUT2D eigenvalue weighted by Crippen LogP contribution is -2.34. The minimum Gasteiger partial charge on any atom is -0.399 e. The van der Waals surface area contributed by atoms with Crippen molar-refractivity contribution in [2.24, 2.45) is 0 Å². The largest absolute Gasteiger partial charge is 0.399 e. The van der Waals surface area contributed by atoms with Gasteiger partial charge in [0.25, 0.3) is 0 Å². The molecular weight excluding hydrogens is 186 g/mol. The smallest absolute Gasteiger partial charge is 0.0513 e. The average Bonchev–Trinajstić information content (AvgIpc) is 2.17. The van der Waals surface area contributed by atoms with Crippen LogP contribution in [0, 0.1) is 6.92 Å². The fourth-order valence-electron chi connectivity index (χ4n) is 2.07. The van der Waals surface area contributed by atoms with Crippen LogP contribution in [0.2, 0.25) is 0 Å². The molecule has 0 bridgehead atoms. The molecule has 1 aliphatic heterocycles. The van der Waals surface area contributed by atoms with Crippen LogP contribution in [0.3, 0.4) is 0 Å². The van der Waals surface area contributed by atoms with Gasteiger partial charge < -0.3 is 11.2 Å². The van der Waals surface area contributed by atoms with Crippen LogP contribution in [-0.4, -0.2) is 18.1 Å². The van der Waals surface area contributed by atoms with Gasteiger partial charge in [0.05, 0.1) is 5.69 Å². The van der Waals surface area contributed by atoms with E-state index in [1.165, 1.54) is 24.8 Å². The Kier molecular flexibility index (Phi) is 3.11. The van der Waals surface area contributed by atoms with E-state index in [1.54, 1.807) is 0 Å². The van der Waals surface area contributed by atoms with Crippen molar-refractivity contribution >= 4 is 11.4 Å². The van der Waals surface area contributed by atoms with Crippen LogP contribution >= 0.6 is 0 Å². The molecule has 2 rings (SSSR count). The second-order valence-electron chi connectivity index (χ2n) is 4.29. The molecule has 1 aromatic rings. The molecule has 0 amide bonds. The molecule has 0 unspecified atom stereocenters. The molecule has 1 aromatic carbocycles. The molecule has 0 saturated carbocycles. The predicted molar refractivity (Wildman–Crippen MR) is 64.6 cm³/mol. The van der Waals surface area contributed by atoms with Gasteiger partial charge in [-0.2, -0.15) is 0 Å². The van der Waals surface area contributed by atoms with E-state index in [-0.39, 0.29) is 0 Å². The van der Waals surface area contributed by atoms with Crippen molar-refractivity contribution < 1.29 is 0 Å². The minimum absolute atomic E-state index is 0.828. The van der Waals surface area contributed by atoms with Crippen molar-refractivity contribution in [3.63, 3.8) is 0 Å². The summed E-state index contributed by atoms with van der Waals surface area (Å²) in [5.41, 5.74) is 12.4. The molecule has 0 aromatic heterocycles. The van der Waals surface area contributed by atoms with Crippen LogP contribution in [0.5, 0.6) is 0 Å². The standard InChI is InChI=1S/C12H19N3/c1-10-7-11(13)9-12(8-10)14-15-5-3-2-4-6-15/h7-9,14H,2-6,13H2,1H3. The average molecular weight is 205 g/mol. The summed E-state index contributed by atoms with van der Waals surface area (Å²) in [5, 5.41) is 2.28. The van der Waals surface area contributed by atoms with E-state index in [1.807, 2.05) is 12.1 Å². The normalized spacial score (nSPS) is 17.7. The van der Waals surface area contributed by atoms with Crippen LogP contribution in [0.15, 0.2) is 18.2 Å². The summed E-state index contributed by atoms with van der Waals surface area (Å²) >= 11 is 0. The third-order valence-electron chi connectivity index (χ3n) is 2.74. The van der Waals surface area contributed by atoms with Gasteiger partial charge in [0.1, 0.15) is 0 Å². The number of benzene rings is 1. The molecule has 0 atom stereocenters. The highest BCUT2D eigenvalue weighted by atomic mass is 15.5. The van der Waals surface area contributed by atoms with Crippen molar-refractivity contribution in [3.8, 4) is 0 Å². The van der Waals surface area contributed by atoms with Crippen molar-refractivity contribution in [2.45, 2.75) is 26.2 Å². The van der Waals surface area contributed by atoms with Gasteiger partial charge in [-0.1, -0.05) is 6.42 Å². The van der Waals surface area contributed by atoms with E-state index >= 15 is 0 Å². The van der Waals surface area contributed by atoms with Crippen LogP contribution < -0.4 is 11.2 Å². The SMILES string of the molecule is Cc1cc(N)cc(NN2CCCCC2)c1. The van der Waals surface area contributed by atoms with E-state index in [0.717, 1.165) is 24.5 Å². The first kappa shape index (κ1) is 10.3. The second kappa shape index (κ2) is 4.53. The Morgan fingerprint density at radius 2 is 1.87 bits per heavy atom. The molecule has 0 radical (unpaired) electrons. The van der Waals surface area contributed by atoms with Gasteiger partial charge in [-0.3, -0.25) is 0 Å². The Morgan fingerprint density at radius 3 is 2.53 bits per heavy atom. The number of rotatable bonds is 2. The topological polar surface area (TPSA) is 41.3 Å². The van der Waals surface area contributed by atoms with E-state index in [4.69, 9.17) is 5.73 Å². The number of aryl methyl sites for hydroxylation is 1. The maximum Gasteiger partial charge on any atom is 0.0513 e. The van der Waals surface area contributed by atoms with Crippen molar-refractivity contribution in [3.05, 3.63) is 23.8 Å². The van der Waals surface area contributed by atoms with Crippen LogP contribution in [0.25, 0.3) is 0 Å². The van der Waals surface area contributed by atoms with Gasteiger partial charge in [-0.05, 0) is 43.5 Å². The highest BCUT2D eigenvalue weighted by molar-refractivity contribution is 5.56. The summed E-state index contributed by atoms with van der Waals surface area (Å²) < 4.78 is 0. The number of hydrogen-bond donors (Lipinski definition) is 2. The lowest BCUT2D eigenvalue weighted by atomic mass is 10.1. The van der Waals surface area contributed by atoms with E-state index in [2.05, 4.69) is 23.4 Å². The van der Waals surface area contributed by atoms with Crippen LogP contribution in [0.1, 0.15) is 24.8 Å². The monoisotopic (exact) mass is 205 g/mol. The Morgan fingerprint density at radius 1 is 1.13 bits per heavy atom. The number of nitrogens with two attached hydrogens (primary N) is 1. The van der Waals surface area contributed by atoms with Crippen molar-refractivity contribution in [1.29, 1.82) is 0 Å². The summed E-state index contributed by atoms with van der Waals surface area (Å²) in [4.78, 5) is 0. The first-order valence-electron chi connectivity index (χ1n) is 5.63. The summed E-state index contributed by atoms with van der Waals surface area (Å²) in [5.74, 6) is 0. The van der Waals surface area contributed by atoms with Crippen molar-refractivity contribution in [1.82, 2.24) is 5.01 Å². The van der Waals surface area contributed by atoms with Crippen LogP contribution in [-0.2, 0) is 0 Å². The molecule has 1 aliphatic rings. The zero-order valence-corrected chi connectivity index (χ0v) is 9.29. The maximum absolute atomic E-state index is 5.81. The molecule has 0 aliphatic carbocycles. The van der Waals surface area contributed by atoms with E-state index in [9.17, 15) is 0 Å². The molecular formula is C12H19N3. The molecule has 82 valence electrons. The number of nitrogen functional groups attached to an aromatic ring is 1. The predicted octanol–water partition coefficient (Wildman–Crippen LogP) is 2.39. The van der Waals surface area contributed by atoms with Gasteiger partial charge in [0.2, 0.25) is 0 Å². The molecule has 1 saturated heterocycles. The fourth-order valence-corrected chi connectivity index (χ4v) is 2.07. The lowest BCUT2D eigenvalue weighted by Gasteiger charge is -2.28. The molecule has 3 heteroatoms. The molecule has 3 nitrogen and oxygen atoms in total. The Bertz CT molecular complexity index is 309. The first-order valence-corrected chi connectivity index (χ1v) is 5.63. The van der Waals surface area contributed by atoms with Crippen molar-refractivity contribution in [2.75, 3.05) is 24.2 Å². The molecule has 15 heavy (non-hydrogen) atoms. The molecule has 1 fully saturated rings.